The number of ketones is 1. The van der Waals surface area contributed by atoms with Crippen molar-refractivity contribution in [3.05, 3.63) is 0 Å². The molecular weight excluding hydrogens is 405 g/mol. The molecule has 0 radical (unpaired) electrons. The lowest BCUT2D eigenvalue weighted by Crippen LogP contribution is -2.45. The zero-order valence-corrected chi connectivity index (χ0v) is 17.9. The molecule has 0 aromatic heterocycles. The second-order valence-electron chi connectivity index (χ2n) is 8.54. The highest BCUT2D eigenvalue weighted by atomic mass is 19.4. The first kappa shape index (κ1) is 26.2. The van der Waals surface area contributed by atoms with E-state index in [0.717, 1.165) is 25.7 Å². The molecule has 0 unspecified atom stereocenters. The standard InChI is InChI=1S/C20H33F3N2O5/c1-19(2,3)30-18(28)24-11-7-6-10-15(16(26)12-29-13-20(21,22)23)25-17(27)14-8-4-5-9-14/h14-15H,4-13H2,1-3H3,(H,24,28)(H,25,27)/t15-/m0/s1. The summed E-state index contributed by atoms with van der Waals surface area (Å²) in [6.45, 7) is 3.33. The van der Waals surface area contributed by atoms with Gasteiger partial charge in [-0.3, -0.25) is 9.59 Å². The van der Waals surface area contributed by atoms with Crippen LogP contribution in [-0.2, 0) is 19.1 Å². The van der Waals surface area contributed by atoms with Gasteiger partial charge in [0.05, 0.1) is 6.04 Å². The van der Waals surface area contributed by atoms with Crippen LogP contribution in [0, 0.1) is 5.92 Å². The van der Waals surface area contributed by atoms with Crippen molar-refractivity contribution in [2.24, 2.45) is 5.92 Å². The number of alkyl carbamates (subject to hydrolysis) is 1. The smallest absolute Gasteiger partial charge is 0.411 e. The van der Waals surface area contributed by atoms with E-state index in [2.05, 4.69) is 15.4 Å². The van der Waals surface area contributed by atoms with E-state index in [1.54, 1.807) is 20.8 Å². The summed E-state index contributed by atoms with van der Waals surface area (Å²) in [7, 11) is 0. The molecule has 1 saturated carbocycles. The number of carbonyl (C=O) groups excluding carboxylic acids is 3. The SMILES string of the molecule is CC(C)(C)OC(=O)NCCCC[C@H](NC(=O)C1CCCC1)C(=O)COCC(F)(F)F. The molecule has 2 amide bonds. The van der Waals surface area contributed by atoms with Crippen LogP contribution in [-0.4, -0.2) is 55.4 Å². The van der Waals surface area contributed by atoms with Gasteiger partial charge in [-0.25, -0.2) is 4.79 Å². The predicted octanol–water partition coefficient (Wildman–Crippen LogP) is 3.50. The fraction of sp³-hybridized carbons (Fsp3) is 0.850. The van der Waals surface area contributed by atoms with Gasteiger partial charge in [-0.15, -0.1) is 0 Å². The van der Waals surface area contributed by atoms with Crippen LogP contribution in [0.1, 0.15) is 65.7 Å². The van der Waals surface area contributed by atoms with Crippen molar-refractivity contribution in [2.75, 3.05) is 19.8 Å². The van der Waals surface area contributed by atoms with Crippen molar-refractivity contribution in [1.82, 2.24) is 10.6 Å². The summed E-state index contributed by atoms with van der Waals surface area (Å²) in [6, 6.07) is -0.909. The molecule has 7 nitrogen and oxygen atoms in total. The summed E-state index contributed by atoms with van der Waals surface area (Å²) in [5.41, 5.74) is -0.609. The maximum atomic E-state index is 12.3. The van der Waals surface area contributed by atoms with Gasteiger partial charge < -0.3 is 20.1 Å². The Morgan fingerprint density at radius 2 is 1.70 bits per heavy atom. The minimum absolute atomic E-state index is 0.162. The molecule has 10 heteroatoms. The van der Waals surface area contributed by atoms with Gasteiger partial charge in [0.25, 0.3) is 0 Å². The van der Waals surface area contributed by atoms with Gasteiger partial charge in [-0.05, 0) is 52.9 Å². The van der Waals surface area contributed by atoms with Crippen molar-refractivity contribution in [3.63, 3.8) is 0 Å². The van der Waals surface area contributed by atoms with Gasteiger partial charge in [0.1, 0.15) is 18.8 Å². The van der Waals surface area contributed by atoms with Crippen molar-refractivity contribution >= 4 is 17.8 Å². The molecule has 0 spiro atoms. The first-order valence-electron chi connectivity index (χ1n) is 10.3. The molecule has 2 N–H and O–H groups in total. The molecule has 0 aromatic rings. The quantitative estimate of drug-likeness (QED) is 0.482. The maximum absolute atomic E-state index is 12.3. The minimum Gasteiger partial charge on any atom is -0.444 e. The van der Waals surface area contributed by atoms with Crippen LogP contribution in [0.4, 0.5) is 18.0 Å². The molecule has 1 aliphatic rings. The number of hydrogen-bond acceptors (Lipinski definition) is 5. The highest BCUT2D eigenvalue weighted by molar-refractivity contribution is 5.90. The fourth-order valence-corrected chi connectivity index (χ4v) is 3.14. The molecular formula is C20H33F3N2O5. The average molecular weight is 438 g/mol. The Morgan fingerprint density at radius 3 is 2.27 bits per heavy atom. The lowest BCUT2D eigenvalue weighted by atomic mass is 10.0. The van der Waals surface area contributed by atoms with E-state index in [4.69, 9.17) is 4.74 Å². The summed E-state index contributed by atoms with van der Waals surface area (Å²) in [6.07, 6.45) is -0.427. The monoisotopic (exact) mass is 438 g/mol. The molecule has 174 valence electrons. The van der Waals surface area contributed by atoms with E-state index in [-0.39, 0.29) is 18.2 Å². The van der Waals surface area contributed by atoms with Crippen molar-refractivity contribution in [1.29, 1.82) is 0 Å². The molecule has 1 rings (SSSR count). The normalized spacial score (nSPS) is 16.2. The molecule has 30 heavy (non-hydrogen) atoms. The summed E-state index contributed by atoms with van der Waals surface area (Å²) in [4.78, 5) is 36.3. The summed E-state index contributed by atoms with van der Waals surface area (Å²) in [5, 5.41) is 5.27. The van der Waals surface area contributed by atoms with E-state index in [1.165, 1.54) is 0 Å². The van der Waals surface area contributed by atoms with E-state index < -0.39 is 42.9 Å². The largest absolute Gasteiger partial charge is 0.444 e. The van der Waals surface area contributed by atoms with Crippen molar-refractivity contribution < 1.29 is 37.0 Å². The molecule has 0 saturated heterocycles. The molecule has 0 aromatic carbocycles. The van der Waals surface area contributed by atoms with Crippen LogP contribution in [0.2, 0.25) is 0 Å². The molecule has 0 heterocycles. The second-order valence-corrected chi connectivity index (χ2v) is 8.54. The zero-order chi connectivity index (χ0) is 22.8. The second kappa shape index (κ2) is 12.1. The topological polar surface area (TPSA) is 93.7 Å². The number of amides is 2. The van der Waals surface area contributed by atoms with Gasteiger partial charge in [-0.2, -0.15) is 13.2 Å². The molecule has 1 fully saturated rings. The third kappa shape index (κ3) is 12.0. The number of halogens is 3. The number of rotatable bonds is 11. The number of unbranched alkanes of at least 4 members (excludes halogenated alkanes) is 1. The van der Waals surface area contributed by atoms with Gasteiger partial charge >= 0.3 is 12.3 Å². The molecule has 1 atom stereocenters. The Labute approximate surface area is 175 Å². The van der Waals surface area contributed by atoms with Crippen molar-refractivity contribution in [3.8, 4) is 0 Å². The Balaban J connectivity index is 2.46. The van der Waals surface area contributed by atoms with E-state index >= 15 is 0 Å². The first-order chi connectivity index (χ1) is 13.9. The summed E-state index contributed by atoms with van der Waals surface area (Å²) >= 11 is 0. The van der Waals surface area contributed by atoms with Gasteiger partial charge in [0.15, 0.2) is 5.78 Å². The summed E-state index contributed by atoms with van der Waals surface area (Å²) in [5.74, 6) is -0.996. The van der Waals surface area contributed by atoms with E-state index in [9.17, 15) is 27.6 Å². The maximum Gasteiger partial charge on any atom is 0.411 e. The van der Waals surface area contributed by atoms with Crippen LogP contribution in [0.25, 0.3) is 0 Å². The van der Waals surface area contributed by atoms with E-state index in [1.807, 2.05) is 0 Å². The Morgan fingerprint density at radius 1 is 1.07 bits per heavy atom. The average Bonchev–Trinajstić information content (AvgIpc) is 3.12. The predicted molar refractivity (Wildman–Crippen MR) is 104 cm³/mol. The third-order valence-electron chi connectivity index (χ3n) is 4.53. The highest BCUT2D eigenvalue weighted by Crippen LogP contribution is 2.25. The van der Waals surface area contributed by atoms with Crippen molar-refractivity contribution in [2.45, 2.75) is 83.5 Å². The van der Waals surface area contributed by atoms with Crippen LogP contribution in [0.5, 0.6) is 0 Å². The zero-order valence-electron chi connectivity index (χ0n) is 17.9. The van der Waals surface area contributed by atoms with Crippen LogP contribution >= 0.6 is 0 Å². The lowest BCUT2D eigenvalue weighted by molar-refractivity contribution is -0.175. The van der Waals surface area contributed by atoms with Crippen LogP contribution in [0.15, 0.2) is 0 Å². The lowest BCUT2D eigenvalue weighted by Gasteiger charge is -2.21. The molecule has 0 aliphatic heterocycles. The fourth-order valence-electron chi connectivity index (χ4n) is 3.14. The van der Waals surface area contributed by atoms with Gasteiger partial charge in [-0.1, -0.05) is 12.8 Å². The Bertz CT molecular complexity index is 570. The van der Waals surface area contributed by atoms with Gasteiger partial charge in [0, 0.05) is 12.5 Å². The number of nitrogens with one attached hydrogen (secondary N) is 2. The van der Waals surface area contributed by atoms with Crippen LogP contribution in [0.3, 0.4) is 0 Å². The Kier molecular flexibility index (Phi) is 10.6. The van der Waals surface area contributed by atoms with E-state index in [0.29, 0.717) is 19.4 Å². The highest BCUT2D eigenvalue weighted by Gasteiger charge is 2.30. The molecule has 1 aliphatic carbocycles. The number of carbonyl (C=O) groups is 3. The minimum atomic E-state index is -4.52. The third-order valence-corrected chi connectivity index (χ3v) is 4.53. The molecule has 0 bridgehead atoms. The number of hydrogen-bond donors (Lipinski definition) is 2. The Hall–Kier alpha value is -1.84. The number of alkyl halides is 3. The number of Topliss-reactive ketones (excluding diaryl/α,β-unsaturated/α-hetero) is 1. The number of ether oxygens (including phenoxy) is 2. The van der Waals surface area contributed by atoms with Crippen LogP contribution < -0.4 is 10.6 Å². The van der Waals surface area contributed by atoms with Gasteiger partial charge in [0.2, 0.25) is 5.91 Å². The summed E-state index contributed by atoms with van der Waals surface area (Å²) < 4.78 is 46.2. The first-order valence-corrected chi connectivity index (χ1v) is 10.3.